The molecule has 0 fully saturated rings. The van der Waals surface area contributed by atoms with Crippen LogP contribution in [0.15, 0.2) is 59.5 Å². The number of sulfonamides is 1. The molecule has 13 heteroatoms. The Bertz CT molecular complexity index is 1120. The van der Waals surface area contributed by atoms with Gasteiger partial charge in [-0.25, -0.2) is 13.2 Å². The van der Waals surface area contributed by atoms with Gasteiger partial charge in [-0.3, -0.25) is 14.9 Å². The minimum Gasteiger partial charge on any atom is -0.451 e. The molecule has 0 radical (unpaired) electrons. The zero-order chi connectivity index (χ0) is 24.8. The van der Waals surface area contributed by atoms with Crippen molar-refractivity contribution in [3.8, 4) is 0 Å². The predicted octanol–water partition coefficient (Wildman–Crippen LogP) is 2.65. The number of benzene rings is 2. The van der Waals surface area contributed by atoms with Gasteiger partial charge in [0, 0.05) is 5.69 Å². The maximum Gasteiger partial charge on any atom is 0.416 e. The van der Waals surface area contributed by atoms with Crippen LogP contribution in [0.5, 0.6) is 0 Å². The fraction of sp³-hybridized carbons (Fsp3) is 0.250. The van der Waals surface area contributed by atoms with E-state index in [1.807, 2.05) is 10.0 Å². The lowest BCUT2D eigenvalue weighted by atomic mass is 10.2. The van der Waals surface area contributed by atoms with Crippen LogP contribution in [0.1, 0.15) is 19.4 Å². The average molecular weight is 487 g/mol. The summed E-state index contributed by atoms with van der Waals surface area (Å²) >= 11 is 0. The summed E-state index contributed by atoms with van der Waals surface area (Å²) in [6.45, 7) is 2.23. The van der Waals surface area contributed by atoms with Crippen LogP contribution in [0.25, 0.3) is 0 Å². The van der Waals surface area contributed by atoms with E-state index in [2.05, 4.69) is 5.32 Å². The van der Waals surface area contributed by atoms with Gasteiger partial charge in [-0.05, 0) is 44.2 Å². The molecule has 0 heterocycles. The summed E-state index contributed by atoms with van der Waals surface area (Å²) in [4.78, 5) is 35.3. The van der Waals surface area contributed by atoms with Crippen molar-refractivity contribution in [1.82, 2.24) is 10.0 Å². The van der Waals surface area contributed by atoms with E-state index in [1.54, 1.807) is 30.3 Å². The SMILES string of the molecule is C[C@H](NS(=O)(=O)c1cccc(C(F)(F)F)c1)C(=O)O[C@@H](C)C(=O)NC(=O)Nc1ccccc1. The number of alkyl halides is 3. The summed E-state index contributed by atoms with van der Waals surface area (Å²) in [5.41, 5.74) is -0.773. The molecule has 9 nitrogen and oxygen atoms in total. The average Bonchev–Trinajstić information content (AvgIpc) is 2.73. The summed E-state index contributed by atoms with van der Waals surface area (Å²) in [7, 11) is -4.51. The van der Waals surface area contributed by atoms with Crippen LogP contribution in [-0.2, 0) is 30.5 Å². The molecule has 2 rings (SSSR count). The predicted molar refractivity (Wildman–Crippen MR) is 110 cm³/mol. The number of nitrogens with one attached hydrogen (secondary N) is 3. The molecule has 0 aliphatic heterocycles. The molecule has 0 saturated carbocycles. The number of hydrogen-bond acceptors (Lipinski definition) is 6. The van der Waals surface area contributed by atoms with Crippen molar-refractivity contribution in [3.05, 3.63) is 60.2 Å². The van der Waals surface area contributed by atoms with Gasteiger partial charge in [-0.1, -0.05) is 24.3 Å². The van der Waals surface area contributed by atoms with Gasteiger partial charge in [0.1, 0.15) is 6.04 Å². The summed E-state index contributed by atoms with van der Waals surface area (Å²) in [5, 5.41) is 4.34. The number of carbonyl (C=O) groups excluding carboxylic acids is 3. The number of hydrogen-bond donors (Lipinski definition) is 3. The lowest BCUT2D eigenvalue weighted by Crippen LogP contribution is -2.45. The van der Waals surface area contributed by atoms with Crippen LogP contribution < -0.4 is 15.4 Å². The zero-order valence-electron chi connectivity index (χ0n) is 17.3. The summed E-state index contributed by atoms with van der Waals surface area (Å²) in [6.07, 6.45) is -6.23. The van der Waals surface area contributed by atoms with Crippen molar-refractivity contribution >= 4 is 33.6 Å². The second-order valence-electron chi connectivity index (χ2n) is 6.76. The van der Waals surface area contributed by atoms with E-state index >= 15 is 0 Å². The van der Waals surface area contributed by atoms with Crippen molar-refractivity contribution in [3.63, 3.8) is 0 Å². The maximum atomic E-state index is 12.8. The molecule has 0 aromatic heterocycles. The largest absolute Gasteiger partial charge is 0.451 e. The molecule has 2 atom stereocenters. The standard InChI is InChI=1S/C20H20F3N3O6S/c1-12(26-33(30,31)16-10-6-7-14(11-16)20(21,22)23)18(28)32-13(2)17(27)25-19(29)24-15-8-4-3-5-9-15/h3-13,26H,1-2H3,(H2,24,25,27,29)/t12-,13-/m0/s1. The van der Waals surface area contributed by atoms with Gasteiger partial charge >= 0.3 is 18.2 Å². The smallest absolute Gasteiger partial charge is 0.416 e. The number of anilines is 1. The maximum absolute atomic E-state index is 12.8. The van der Waals surface area contributed by atoms with Gasteiger partial charge in [-0.15, -0.1) is 0 Å². The highest BCUT2D eigenvalue weighted by Crippen LogP contribution is 2.30. The first-order valence-electron chi connectivity index (χ1n) is 9.36. The lowest BCUT2D eigenvalue weighted by Gasteiger charge is -2.18. The molecule has 2 aromatic rings. The molecular formula is C20H20F3N3O6S. The molecule has 3 amide bonds. The quantitative estimate of drug-likeness (QED) is 0.515. The molecule has 0 spiro atoms. The Hall–Kier alpha value is -3.45. The highest BCUT2D eigenvalue weighted by molar-refractivity contribution is 7.89. The molecule has 0 unspecified atom stereocenters. The third kappa shape index (κ3) is 7.57. The number of para-hydroxylation sites is 1. The van der Waals surface area contributed by atoms with E-state index in [0.29, 0.717) is 17.8 Å². The molecule has 0 aliphatic carbocycles. The monoisotopic (exact) mass is 487 g/mol. The van der Waals surface area contributed by atoms with Crippen molar-refractivity contribution in [2.45, 2.75) is 37.1 Å². The molecule has 33 heavy (non-hydrogen) atoms. The van der Waals surface area contributed by atoms with Gasteiger partial charge in [0.2, 0.25) is 10.0 Å². The van der Waals surface area contributed by atoms with Gasteiger partial charge in [0.15, 0.2) is 6.10 Å². The van der Waals surface area contributed by atoms with Gasteiger partial charge < -0.3 is 10.1 Å². The highest BCUT2D eigenvalue weighted by Gasteiger charge is 2.32. The van der Waals surface area contributed by atoms with E-state index in [-0.39, 0.29) is 0 Å². The van der Waals surface area contributed by atoms with E-state index in [1.165, 1.54) is 0 Å². The first kappa shape index (κ1) is 25.8. The number of ether oxygens (including phenoxy) is 1. The van der Waals surface area contributed by atoms with Crippen molar-refractivity contribution in [1.29, 1.82) is 0 Å². The normalized spacial score (nSPS) is 13.5. The van der Waals surface area contributed by atoms with Crippen LogP contribution in [-0.4, -0.2) is 38.5 Å². The number of amides is 3. The highest BCUT2D eigenvalue weighted by atomic mass is 32.2. The van der Waals surface area contributed by atoms with Gasteiger partial charge in [0.05, 0.1) is 10.5 Å². The van der Waals surface area contributed by atoms with Crippen molar-refractivity contribution < 1.29 is 40.7 Å². The first-order chi connectivity index (χ1) is 15.3. The van der Waals surface area contributed by atoms with E-state index in [9.17, 15) is 36.0 Å². The molecule has 0 saturated heterocycles. The summed E-state index contributed by atoms with van der Waals surface area (Å²) in [6, 6.07) is 8.71. The molecular weight excluding hydrogens is 467 g/mol. The molecule has 3 N–H and O–H groups in total. The fourth-order valence-corrected chi connectivity index (χ4v) is 3.65. The van der Waals surface area contributed by atoms with Crippen molar-refractivity contribution in [2.24, 2.45) is 0 Å². The molecule has 0 aliphatic rings. The lowest BCUT2D eigenvalue weighted by molar-refractivity contribution is -0.155. The number of halogens is 3. The van der Waals surface area contributed by atoms with Crippen LogP contribution in [0, 0.1) is 0 Å². The van der Waals surface area contributed by atoms with Crippen LogP contribution in [0.3, 0.4) is 0 Å². The topological polar surface area (TPSA) is 131 Å². The fourth-order valence-electron chi connectivity index (χ4n) is 2.42. The Labute approximate surface area is 187 Å². The molecule has 178 valence electrons. The Morgan fingerprint density at radius 1 is 0.970 bits per heavy atom. The molecule has 2 aromatic carbocycles. The van der Waals surface area contributed by atoms with Crippen LogP contribution in [0.4, 0.5) is 23.7 Å². The van der Waals surface area contributed by atoms with Crippen molar-refractivity contribution in [2.75, 3.05) is 5.32 Å². The Morgan fingerprint density at radius 3 is 2.21 bits per heavy atom. The first-order valence-corrected chi connectivity index (χ1v) is 10.8. The number of carbonyl (C=O) groups is 3. The third-order valence-corrected chi connectivity index (χ3v) is 5.63. The molecule has 0 bridgehead atoms. The van der Waals surface area contributed by atoms with E-state index in [4.69, 9.17) is 4.74 Å². The number of rotatable bonds is 7. The second-order valence-corrected chi connectivity index (χ2v) is 8.47. The zero-order valence-corrected chi connectivity index (χ0v) is 18.2. The Morgan fingerprint density at radius 2 is 1.61 bits per heavy atom. The number of imide groups is 1. The minimum absolute atomic E-state index is 0.407. The summed E-state index contributed by atoms with van der Waals surface area (Å²) in [5.74, 6) is -2.17. The summed E-state index contributed by atoms with van der Waals surface area (Å²) < 4.78 is 69.9. The van der Waals surface area contributed by atoms with Crippen LogP contribution in [0.2, 0.25) is 0 Å². The van der Waals surface area contributed by atoms with Crippen LogP contribution >= 0.6 is 0 Å². The van der Waals surface area contributed by atoms with E-state index in [0.717, 1.165) is 26.0 Å². The number of esters is 1. The van der Waals surface area contributed by atoms with Gasteiger partial charge in [-0.2, -0.15) is 17.9 Å². The third-order valence-electron chi connectivity index (χ3n) is 4.09. The Balaban J connectivity index is 1.95. The Kier molecular flexibility index (Phi) is 8.17. The minimum atomic E-state index is -4.76. The number of urea groups is 1. The second kappa shape index (κ2) is 10.4. The van der Waals surface area contributed by atoms with Gasteiger partial charge in [0.25, 0.3) is 5.91 Å². The van der Waals surface area contributed by atoms with E-state index < -0.39 is 56.7 Å².